The van der Waals surface area contributed by atoms with Gasteiger partial charge in [-0.25, -0.2) is 0 Å². The third kappa shape index (κ3) is 3.84. The van der Waals surface area contributed by atoms with Gasteiger partial charge >= 0.3 is 0 Å². The first-order chi connectivity index (χ1) is 7.29. The maximum Gasteiger partial charge on any atom is -0.0197 e. The summed E-state index contributed by atoms with van der Waals surface area (Å²) in [6, 6.07) is 8.93. The second-order valence-corrected chi connectivity index (χ2v) is 5.97. The first kappa shape index (κ1) is 13.0. The van der Waals surface area contributed by atoms with Gasteiger partial charge in [0.25, 0.3) is 0 Å². The Morgan fingerprint density at radius 1 is 1.06 bits per heavy atom. The predicted molar refractivity (Wildman–Crippen MR) is 73.6 cm³/mol. The summed E-state index contributed by atoms with van der Waals surface area (Å²) in [4.78, 5) is 0. The Morgan fingerprint density at radius 3 is 1.94 bits per heavy atom. The summed E-state index contributed by atoms with van der Waals surface area (Å²) < 4.78 is 0. The predicted octanol–water partition coefficient (Wildman–Crippen LogP) is 5.26. The van der Waals surface area contributed by atoms with E-state index in [1.807, 2.05) is 0 Å². The largest absolute Gasteiger partial charge is 0.0756 e. The molecule has 0 atom stereocenters. The van der Waals surface area contributed by atoms with Gasteiger partial charge in [0.05, 0.1) is 0 Å². The zero-order chi connectivity index (χ0) is 12.3. The van der Waals surface area contributed by atoms with Gasteiger partial charge in [0.2, 0.25) is 0 Å². The van der Waals surface area contributed by atoms with Gasteiger partial charge in [0.15, 0.2) is 0 Å². The van der Waals surface area contributed by atoms with Crippen molar-refractivity contribution in [3.05, 3.63) is 41.5 Å². The first-order valence-corrected chi connectivity index (χ1v) is 6.09. The molecule has 16 heavy (non-hydrogen) atoms. The lowest BCUT2D eigenvalue weighted by Crippen LogP contribution is -2.00. The number of hydrogen-bond donors (Lipinski definition) is 0. The molecule has 0 aliphatic rings. The molecule has 0 unspecified atom stereocenters. The van der Waals surface area contributed by atoms with E-state index in [-0.39, 0.29) is 5.41 Å². The highest BCUT2D eigenvalue weighted by atomic mass is 14.1. The number of rotatable bonds is 2. The molecule has 1 rings (SSSR count). The van der Waals surface area contributed by atoms with Crippen molar-refractivity contribution in [2.75, 3.05) is 0 Å². The Kier molecular flexibility index (Phi) is 3.96. The summed E-state index contributed by atoms with van der Waals surface area (Å²) in [5.74, 6) is 0.612. The smallest absolute Gasteiger partial charge is 0.0197 e. The van der Waals surface area contributed by atoms with Crippen LogP contribution in [0, 0.1) is 5.41 Å². The molecule has 0 aliphatic carbocycles. The van der Waals surface area contributed by atoms with Gasteiger partial charge in [-0.15, -0.1) is 0 Å². The van der Waals surface area contributed by atoms with Crippen LogP contribution in [0.25, 0.3) is 5.57 Å². The number of allylic oxidation sites excluding steroid dienone is 2. The van der Waals surface area contributed by atoms with E-state index >= 15 is 0 Å². The van der Waals surface area contributed by atoms with Crippen LogP contribution in [0.2, 0.25) is 0 Å². The molecule has 88 valence electrons. The quantitative estimate of drug-likeness (QED) is 0.632. The van der Waals surface area contributed by atoms with Crippen molar-refractivity contribution in [2.45, 2.75) is 47.5 Å². The SMILES string of the molecule is C/C(=C\C(C)(C)C)c1ccc(C(C)C)cc1. The minimum Gasteiger partial charge on any atom is -0.0756 e. The average molecular weight is 216 g/mol. The lowest BCUT2D eigenvalue weighted by molar-refractivity contribution is 0.545. The molecule has 0 saturated carbocycles. The molecule has 1 aromatic rings. The lowest BCUT2D eigenvalue weighted by atomic mass is 9.91. The molecule has 0 heterocycles. The van der Waals surface area contributed by atoms with Crippen LogP contribution in [0.3, 0.4) is 0 Å². The number of benzene rings is 1. The molecular weight excluding hydrogens is 192 g/mol. The maximum atomic E-state index is 2.33. The maximum absolute atomic E-state index is 2.33. The summed E-state index contributed by atoms with van der Waals surface area (Å²) in [5, 5.41) is 0. The van der Waals surface area contributed by atoms with Crippen molar-refractivity contribution in [2.24, 2.45) is 5.41 Å². The minimum atomic E-state index is 0.251. The molecule has 0 aromatic heterocycles. The van der Waals surface area contributed by atoms with Crippen LogP contribution < -0.4 is 0 Å². The van der Waals surface area contributed by atoms with Crippen LogP contribution in [0.4, 0.5) is 0 Å². The van der Waals surface area contributed by atoms with E-state index in [1.165, 1.54) is 16.7 Å². The summed E-state index contributed by atoms with van der Waals surface area (Å²) in [6.45, 7) is 13.4. The van der Waals surface area contributed by atoms with E-state index in [0.717, 1.165) is 0 Å². The van der Waals surface area contributed by atoms with E-state index < -0.39 is 0 Å². The van der Waals surface area contributed by atoms with Gasteiger partial charge in [-0.3, -0.25) is 0 Å². The molecule has 0 radical (unpaired) electrons. The molecule has 0 spiro atoms. The Morgan fingerprint density at radius 2 is 1.56 bits per heavy atom. The molecular formula is C16H24. The summed E-state index contributed by atoms with van der Waals surface area (Å²) in [7, 11) is 0. The Labute approximate surface area is 100 Å². The van der Waals surface area contributed by atoms with E-state index in [1.54, 1.807) is 0 Å². The van der Waals surface area contributed by atoms with Crippen LogP contribution in [0.15, 0.2) is 30.3 Å². The van der Waals surface area contributed by atoms with E-state index in [2.05, 4.69) is 71.9 Å². The molecule has 0 saturated heterocycles. The lowest BCUT2D eigenvalue weighted by Gasteiger charge is -2.15. The Balaban J connectivity index is 2.94. The van der Waals surface area contributed by atoms with E-state index in [4.69, 9.17) is 0 Å². The second kappa shape index (κ2) is 4.86. The van der Waals surface area contributed by atoms with Gasteiger partial charge in [-0.05, 0) is 35.0 Å². The molecule has 0 nitrogen and oxygen atoms in total. The third-order valence-corrected chi connectivity index (χ3v) is 2.68. The van der Waals surface area contributed by atoms with Crippen molar-refractivity contribution < 1.29 is 0 Å². The molecule has 0 N–H and O–H groups in total. The Bertz CT molecular complexity index is 358. The minimum absolute atomic E-state index is 0.251. The molecule has 0 aliphatic heterocycles. The van der Waals surface area contributed by atoms with Crippen LogP contribution in [-0.2, 0) is 0 Å². The highest BCUT2D eigenvalue weighted by molar-refractivity contribution is 5.64. The zero-order valence-electron chi connectivity index (χ0n) is 11.5. The summed E-state index contributed by atoms with van der Waals surface area (Å²) >= 11 is 0. The van der Waals surface area contributed by atoms with E-state index in [0.29, 0.717) is 5.92 Å². The van der Waals surface area contributed by atoms with Crippen molar-refractivity contribution in [3.63, 3.8) is 0 Å². The molecule has 0 bridgehead atoms. The molecule has 0 fully saturated rings. The van der Waals surface area contributed by atoms with Gasteiger partial charge in [-0.2, -0.15) is 0 Å². The average Bonchev–Trinajstić information content (AvgIpc) is 2.15. The van der Waals surface area contributed by atoms with Gasteiger partial charge < -0.3 is 0 Å². The summed E-state index contributed by atoms with van der Waals surface area (Å²) in [6.07, 6.45) is 2.33. The van der Waals surface area contributed by atoms with Gasteiger partial charge in [0.1, 0.15) is 0 Å². The van der Waals surface area contributed by atoms with Gasteiger partial charge in [-0.1, -0.05) is 65.0 Å². The second-order valence-electron chi connectivity index (χ2n) is 5.97. The normalized spacial score (nSPS) is 13.3. The van der Waals surface area contributed by atoms with Crippen molar-refractivity contribution >= 4 is 5.57 Å². The van der Waals surface area contributed by atoms with Crippen LogP contribution in [0.1, 0.15) is 58.6 Å². The first-order valence-electron chi connectivity index (χ1n) is 6.09. The summed E-state index contributed by atoms with van der Waals surface area (Å²) in [5.41, 5.74) is 4.36. The van der Waals surface area contributed by atoms with Crippen molar-refractivity contribution in [1.29, 1.82) is 0 Å². The number of hydrogen-bond acceptors (Lipinski definition) is 0. The molecule has 0 amide bonds. The fraction of sp³-hybridized carbons (Fsp3) is 0.500. The monoisotopic (exact) mass is 216 g/mol. The van der Waals surface area contributed by atoms with E-state index in [9.17, 15) is 0 Å². The topological polar surface area (TPSA) is 0 Å². The van der Waals surface area contributed by atoms with Gasteiger partial charge in [0, 0.05) is 0 Å². The van der Waals surface area contributed by atoms with Crippen LogP contribution in [-0.4, -0.2) is 0 Å². The fourth-order valence-corrected chi connectivity index (χ4v) is 1.86. The Hall–Kier alpha value is -1.04. The molecule has 0 heteroatoms. The van der Waals surface area contributed by atoms with Crippen molar-refractivity contribution in [1.82, 2.24) is 0 Å². The standard InChI is InChI=1S/C16H24/c1-12(2)14-7-9-15(10-8-14)13(3)11-16(4,5)6/h7-12H,1-6H3/b13-11+. The fourth-order valence-electron chi connectivity index (χ4n) is 1.86. The van der Waals surface area contributed by atoms with Crippen LogP contribution in [0.5, 0.6) is 0 Å². The van der Waals surface area contributed by atoms with Crippen molar-refractivity contribution in [3.8, 4) is 0 Å². The molecule has 1 aromatic carbocycles. The zero-order valence-corrected chi connectivity index (χ0v) is 11.5. The third-order valence-electron chi connectivity index (χ3n) is 2.68. The highest BCUT2D eigenvalue weighted by Gasteiger charge is 2.07. The van der Waals surface area contributed by atoms with Crippen LogP contribution >= 0.6 is 0 Å². The highest BCUT2D eigenvalue weighted by Crippen LogP contribution is 2.24.